The number of hydrogen-bond donors (Lipinski definition) is 0. The molecule has 0 heterocycles. The van der Waals surface area contributed by atoms with E-state index in [4.69, 9.17) is 0 Å². The van der Waals surface area contributed by atoms with Gasteiger partial charge in [0, 0.05) is 6.42 Å². The Kier molecular flexibility index (Phi) is 6.58. The molecule has 3 unspecified atom stereocenters. The van der Waals surface area contributed by atoms with E-state index in [0.29, 0.717) is 0 Å². The summed E-state index contributed by atoms with van der Waals surface area (Å²) in [4.78, 5) is 0. The van der Waals surface area contributed by atoms with Crippen molar-refractivity contribution in [3.63, 3.8) is 0 Å². The van der Waals surface area contributed by atoms with Crippen molar-refractivity contribution in [2.75, 3.05) is 0 Å². The number of benzene rings is 2. The van der Waals surface area contributed by atoms with Crippen molar-refractivity contribution in [3.8, 4) is 0 Å². The molecular weight excluding hydrogens is 651 g/mol. The monoisotopic (exact) mass is 666 g/mol. The van der Waals surface area contributed by atoms with E-state index in [1.54, 1.807) is 0 Å². The molecule has 4 bridgehead atoms. The highest BCUT2D eigenvalue weighted by Crippen LogP contribution is 2.64. The predicted octanol–water partition coefficient (Wildman–Crippen LogP) is 6.86. The van der Waals surface area contributed by atoms with Crippen LogP contribution in [0.2, 0.25) is 0 Å². The van der Waals surface area contributed by atoms with Crippen molar-refractivity contribution in [1.29, 1.82) is 0 Å². The van der Waals surface area contributed by atoms with Gasteiger partial charge in [-0.15, -0.1) is 0 Å². The van der Waals surface area contributed by atoms with Gasteiger partial charge in [0.1, 0.15) is 11.5 Å². The maximum absolute atomic E-state index is 15.7. The van der Waals surface area contributed by atoms with Crippen LogP contribution in [0.3, 0.4) is 0 Å². The van der Waals surface area contributed by atoms with Crippen LogP contribution in [0, 0.1) is 52.6 Å². The first-order valence-corrected chi connectivity index (χ1v) is 15.0. The number of rotatable bonds is 5. The molecule has 0 N–H and O–H groups in total. The molecule has 0 aromatic heterocycles. The first kappa shape index (κ1) is 31.1. The molecule has 0 spiro atoms. The van der Waals surface area contributed by atoms with Crippen molar-refractivity contribution >= 4 is 30.4 Å². The largest absolute Gasteiger partial charge is 0.469 e. The van der Waals surface area contributed by atoms with Crippen LogP contribution < -0.4 is 0 Å². The summed E-state index contributed by atoms with van der Waals surface area (Å²) in [6, 6.07) is 0. The second-order valence-electron chi connectivity index (χ2n) is 11.1. The Morgan fingerprint density at radius 1 is 0.643 bits per heavy atom. The number of fused-ring (bicyclic) bond motifs is 1. The van der Waals surface area contributed by atoms with E-state index >= 15 is 13.2 Å². The summed E-state index contributed by atoms with van der Waals surface area (Å²) in [5, 5.41) is -12.0. The standard InChI is InChI=1S/C23H15F13O4S2/c24-12-9-10(15(27)18(30)17(29)14(9)26)13(25)16(28)11(12)19(42(39,40)23(35,36)22(32,33)34)41(37,38)21-4-7-1-8(5-21)3-20(31,2-7)6-21/h7-8,19H,1-6H2. The summed E-state index contributed by atoms with van der Waals surface area (Å²) in [7, 11) is -14.3. The Balaban J connectivity index is 1.92. The molecule has 234 valence electrons. The Hall–Kier alpha value is -2.31. The number of halogens is 13. The molecule has 2 aromatic carbocycles. The zero-order valence-corrected chi connectivity index (χ0v) is 22.0. The first-order chi connectivity index (χ1) is 18.9. The fourth-order valence-corrected chi connectivity index (χ4v) is 12.9. The van der Waals surface area contributed by atoms with Crippen LogP contribution in [0.25, 0.3) is 10.8 Å². The molecule has 0 saturated heterocycles. The molecule has 0 aliphatic heterocycles. The van der Waals surface area contributed by atoms with Gasteiger partial charge in [-0.1, -0.05) is 0 Å². The lowest BCUT2D eigenvalue weighted by Crippen LogP contribution is -2.62. The molecule has 6 rings (SSSR count). The van der Waals surface area contributed by atoms with E-state index in [9.17, 15) is 60.7 Å². The zero-order chi connectivity index (χ0) is 31.7. The lowest BCUT2D eigenvalue weighted by Gasteiger charge is -2.58. The Morgan fingerprint density at radius 2 is 1.07 bits per heavy atom. The number of hydrogen-bond acceptors (Lipinski definition) is 4. The average molecular weight is 666 g/mol. The number of sulfone groups is 2. The molecule has 4 aliphatic rings. The Bertz CT molecular complexity index is 1740. The second kappa shape index (κ2) is 8.88. The van der Waals surface area contributed by atoms with Crippen molar-refractivity contribution in [2.45, 2.75) is 65.0 Å². The van der Waals surface area contributed by atoms with E-state index in [1.165, 1.54) is 0 Å². The third kappa shape index (κ3) is 3.86. The van der Waals surface area contributed by atoms with Crippen molar-refractivity contribution in [1.82, 2.24) is 0 Å². The van der Waals surface area contributed by atoms with Gasteiger partial charge in [-0.05, 0) is 43.9 Å². The van der Waals surface area contributed by atoms with E-state index in [1.807, 2.05) is 0 Å². The highest BCUT2D eigenvalue weighted by molar-refractivity contribution is 8.09. The highest BCUT2D eigenvalue weighted by atomic mass is 32.3. The average Bonchev–Trinajstić information content (AvgIpc) is 2.83. The molecule has 4 saturated carbocycles. The minimum atomic E-state index is -7.85. The van der Waals surface area contributed by atoms with Crippen LogP contribution in [0.15, 0.2) is 0 Å². The summed E-state index contributed by atoms with van der Waals surface area (Å²) in [5.74, 6) is -22.7. The van der Waals surface area contributed by atoms with Gasteiger partial charge in [-0.25, -0.2) is 52.0 Å². The molecule has 2 aromatic rings. The molecule has 4 aliphatic carbocycles. The van der Waals surface area contributed by atoms with Gasteiger partial charge in [0.15, 0.2) is 44.7 Å². The van der Waals surface area contributed by atoms with Crippen LogP contribution in [-0.4, -0.2) is 38.7 Å². The molecule has 3 atom stereocenters. The van der Waals surface area contributed by atoms with Gasteiger partial charge in [0.25, 0.3) is 0 Å². The van der Waals surface area contributed by atoms with E-state index in [0.717, 1.165) is 0 Å². The smallest absolute Gasteiger partial charge is 0.244 e. The molecular formula is C23H15F13O4S2. The van der Waals surface area contributed by atoms with Crippen LogP contribution in [0.1, 0.15) is 48.7 Å². The third-order valence-electron chi connectivity index (χ3n) is 8.40. The van der Waals surface area contributed by atoms with Crippen LogP contribution >= 0.6 is 0 Å². The van der Waals surface area contributed by atoms with Gasteiger partial charge < -0.3 is 0 Å². The maximum Gasteiger partial charge on any atom is 0.469 e. The zero-order valence-electron chi connectivity index (χ0n) is 20.3. The van der Waals surface area contributed by atoms with Crippen LogP contribution in [0.5, 0.6) is 0 Å². The molecule has 4 fully saturated rings. The quantitative estimate of drug-likeness (QED) is 0.199. The van der Waals surface area contributed by atoms with Gasteiger partial charge in [-0.3, -0.25) is 0 Å². The first-order valence-electron chi connectivity index (χ1n) is 11.9. The summed E-state index contributed by atoms with van der Waals surface area (Å²) in [5.41, 5.74) is -5.39. The highest BCUT2D eigenvalue weighted by Gasteiger charge is 2.74. The summed E-state index contributed by atoms with van der Waals surface area (Å²) < 4.78 is 233. The van der Waals surface area contributed by atoms with Gasteiger partial charge in [-0.2, -0.15) is 22.0 Å². The van der Waals surface area contributed by atoms with Crippen molar-refractivity contribution in [3.05, 3.63) is 46.3 Å². The normalized spacial score (nSPS) is 29.0. The van der Waals surface area contributed by atoms with Gasteiger partial charge >= 0.3 is 11.4 Å². The molecule has 19 heteroatoms. The topological polar surface area (TPSA) is 68.3 Å². The van der Waals surface area contributed by atoms with E-state index in [-0.39, 0.29) is 19.3 Å². The minimum Gasteiger partial charge on any atom is -0.244 e. The lowest BCUT2D eigenvalue weighted by atomic mass is 9.54. The van der Waals surface area contributed by atoms with Crippen molar-refractivity contribution in [2.24, 2.45) is 11.8 Å². The molecule has 0 amide bonds. The number of alkyl halides is 6. The maximum atomic E-state index is 15.7. The fourth-order valence-electron chi connectivity index (χ4n) is 7.11. The summed E-state index contributed by atoms with van der Waals surface area (Å²) in [6.07, 6.45) is -10.3. The fraction of sp³-hybridized carbons (Fsp3) is 0.565. The second-order valence-corrected chi connectivity index (χ2v) is 15.9. The van der Waals surface area contributed by atoms with Gasteiger partial charge in [0.2, 0.25) is 14.4 Å². The lowest BCUT2D eigenvalue weighted by molar-refractivity contribution is -0.241. The van der Waals surface area contributed by atoms with Crippen LogP contribution in [-0.2, 0) is 19.7 Å². The Labute approximate surface area is 227 Å². The SMILES string of the molecule is O=S(=O)(C(c1c(F)c(F)c2c(F)c(F)c(F)c(F)c2c1F)S(=O)(=O)C(F)(F)C(F)(F)F)C12CC3CC(CC(F)(C3)C1)C2. The third-order valence-corrected chi connectivity index (χ3v) is 14.1. The molecule has 42 heavy (non-hydrogen) atoms. The van der Waals surface area contributed by atoms with E-state index < -0.39 is 134 Å². The van der Waals surface area contributed by atoms with Crippen molar-refractivity contribution < 1.29 is 73.9 Å². The molecule has 4 nitrogen and oxygen atoms in total. The Morgan fingerprint density at radius 3 is 1.50 bits per heavy atom. The van der Waals surface area contributed by atoms with Crippen LogP contribution in [0.4, 0.5) is 57.1 Å². The summed E-state index contributed by atoms with van der Waals surface area (Å²) >= 11 is 0. The predicted molar refractivity (Wildman–Crippen MR) is 116 cm³/mol. The minimum absolute atomic E-state index is 0.141. The summed E-state index contributed by atoms with van der Waals surface area (Å²) in [6.45, 7) is 0. The molecule has 0 radical (unpaired) electrons. The van der Waals surface area contributed by atoms with E-state index in [2.05, 4.69) is 0 Å². The van der Waals surface area contributed by atoms with Gasteiger partial charge in [0.05, 0.1) is 21.1 Å².